The number of nitrogens with one attached hydrogen (secondary N) is 2. The molecular formula is C19H20N4. The van der Waals surface area contributed by atoms with Crippen LogP contribution < -0.4 is 10.6 Å². The molecule has 4 nitrogen and oxygen atoms in total. The average Bonchev–Trinajstić information content (AvgIpc) is 2.53. The molecular weight excluding hydrogens is 284 g/mol. The molecule has 0 fully saturated rings. The molecule has 4 heteroatoms. The van der Waals surface area contributed by atoms with Gasteiger partial charge >= 0.3 is 0 Å². The highest BCUT2D eigenvalue weighted by molar-refractivity contribution is 5.55. The second kappa shape index (κ2) is 6.92. The summed E-state index contributed by atoms with van der Waals surface area (Å²) in [5.74, 6) is 1.39. The molecule has 3 aromatic rings. The first kappa shape index (κ1) is 15.0. The van der Waals surface area contributed by atoms with Crippen molar-refractivity contribution in [3.05, 3.63) is 77.5 Å². The molecule has 0 radical (unpaired) electrons. The number of anilines is 3. The molecule has 0 spiro atoms. The number of benzene rings is 2. The fourth-order valence-corrected chi connectivity index (χ4v) is 2.38. The SMILES string of the molecule is Cc1cccc(CNc2ccnc(Nc3cccc(C)c3)n2)c1. The number of aromatic nitrogens is 2. The summed E-state index contributed by atoms with van der Waals surface area (Å²) in [6.45, 7) is 4.90. The average molecular weight is 304 g/mol. The first-order valence-electron chi connectivity index (χ1n) is 7.65. The Labute approximate surface area is 136 Å². The van der Waals surface area contributed by atoms with E-state index < -0.39 is 0 Å². The molecule has 0 bridgehead atoms. The van der Waals surface area contributed by atoms with Crippen molar-refractivity contribution in [1.82, 2.24) is 9.97 Å². The predicted molar refractivity (Wildman–Crippen MR) is 95.0 cm³/mol. The van der Waals surface area contributed by atoms with Gasteiger partial charge in [0.1, 0.15) is 5.82 Å². The maximum atomic E-state index is 4.50. The van der Waals surface area contributed by atoms with Crippen molar-refractivity contribution in [1.29, 1.82) is 0 Å². The van der Waals surface area contributed by atoms with E-state index in [2.05, 4.69) is 70.8 Å². The van der Waals surface area contributed by atoms with Crippen molar-refractivity contribution in [3.63, 3.8) is 0 Å². The van der Waals surface area contributed by atoms with Gasteiger partial charge in [-0.05, 0) is 43.2 Å². The second-order valence-corrected chi connectivity index (χ2v) is 5.60. The summed E-state index contributed by atoms with van der Waals surface area (Å²) < 4.78 is 0. The molecule has 0 atom stereocenters. The van der Waals surface area contributed by atoms with Crippen molar-refractivity contribution in [3.8, 4) is 0 Å². The fourth-order valence-electron chi connectivity index (χ4n) is 2.38. The van der Waals surface area contributed by atoms with Crippen LogP contribution in [0.3, 0.4) is 0 Å². The van der Waals surface area contributed by atoms with Gasteiger partial charge in [-0.3, -0.25) is 0 Å². The monoisotopic (exact) mass is 304 g/mol. The fraction of sp³-hybridized carbons (Fsp3) is 0.158. The number of nitrogens with zero attached hydrogens (tertiary/aromatic N) is 2. The summed E-state index contributed by atoms with van der Waals surface area (Å²) in [6.07, 6.45) is 1.75. The highest BCUT2D eigenvalue weighted by Gasteiger charge is 2.01. The molecule has 0 saturated heterocycles. The standard InChI is InChI=1S/C19H20N4/c1-14-5-3-7-16(11-14)13-21-18-9-10-20-19(23-18)22-17-8-4-6-15(2)12-17/h3-12H,13H2,1-2H3,(H2,20,21,22,23). The summed E-state index contributed by atoms with van der Waals surface area (Å²) >= 11 is 0. The van der Waals surface area contributed by atoms with Gasteiger partial charge in [0.25, 0.3) is 0 Å². The van der Waals surface area contributed by atoms with Gasteiger partial charge in [-0.25, -0.2) is 4.98 Å². The minimum absolute atomic E-state index is 0.588. The molecule has 23 heavy (non-hydrogen) atoms. The predicted octanol–water partition coefficient (Wildman–Crippen LogP) is 4.45. The van der Waals surface area contributed by atoms with Crippen molar-refractivity contribution in [2.24, 2.45) is 0 Å². The Balaban J connectivity index is 1.67. The summed E-state index contributed by atoms with van der Waals surface area (Å²) in [6, 6.07) is 18.4. The van der Waals surface area contributed by atoms with Gasteiger partial charge in [0.05, 0.1) is 0 Å². The first-order chi connectivity index (χ1) is 11.2. The molecule has 0 amide bonds. The Bertz CT molecular complexity index is 799. The quantitative estimate of drug-likeness (QED) is 0.731. The van der Waals surface area contributed by atoms with Crippen molar-refractivity contribution in [2.75, 3.05) is 10.6 Å². The highest BCUT2D eigenvalue weighted by atomic mass is 15.1. The van der Waals surface area contributed by atoms with Crippen LogP contribution in [0.25, 0.3) is 0 Å². The van der Waals surface area contributed by atoms with E-state index in [1.165, 1.54) is 16.7 Å². The zero-order valence-corrected chi connectivity index (χ0v) is 13.4. The molecule has 0 aliphatic heterocycles. The lowest BCUT2D eigenvalue weighted by Gasteiger charge is -2.09. The van der Waals surface area contributed by atoms with E-state index in [1.807, 2.05) is 18.2 Å². The van der Waals surface area contributed by atoms with Crippen LogP contribution in [-0.2, 0) is 6.54 Å². The number of aryl methyl sites for hydroxylation is 2. The van der Waals surface area contributed by atoms with Gasteiger partial charge in [0.15, 0.2) is 0 Å². The van der Waals surface area contributed by atoms with E-state index in [1.54, 1.807) is 6.20 Å². The van der Waals surface area contributed by atoms with Gasteiger partial charge in [0.2, 0.25) is 5.95 Å². The molecule has 0 aliphatic carbocycles. The summed E-state index contributed by atoms with van der Waals surface area (Å²) in [4.78, 5) is 8.77. The summed E-state index contributed by atoms with van der Waals surface area (Å²) in [5, 5.41) is 6.56. The largest absolute Gasteiger partial charge is 0.366 e. The molecule has 2 aromatic carbocycles. The third-order valence-corrected chi connectivity index (χ3v) is 3.49. The van der Waals surface area contributed by atoms with Crippen LogP contribution in [-0.4, -0.2) is 9.97 Å². The highest BCUT2D eigenvalue weighted by Crippen LogP contribution is 2.16. The van der Waals surface area contributed by atoms with E-state index in [-0.39, 0.29) is 0 Å². The maximum Gasteiger partial charge on any atom is 0.229 e. The van der Waals surface area contributed by atoms with Crippen LogP contribution in [0, 0.1) is 13.8 Å². The molecule has 116 valence electrons. The second-order valence-electron chi connectivity index (χ2n) is 5.60. The minimum Gasteiger partial charge on any atom is -0.366 e. The van der Waals surface area contributed by atoms with Crippen LogP contribution in [0.5, 0.6) is 0 Å². The van der Waals surface area contributed by atoms with Gasteiger partial charge in [-0.2, -0.15) is 4.98 Å². The molecule has 0 unspecified atom stereocenters. The van der Waals surface area contributed by atoms with E-state index in [0.717, 1.165) is 18.1 Å². The molecule has 1 aromatic heterocycles. The molecule has 1 heterocycles. The smallest absolute Gasteiger partial charge is 0.229 e. The van der Waals surface area contributed by atoms with E-state index >= 15 is 0 Å². The lowest BCUT2D eigenvalue weighted by Crippen LogP contribution is -2.04. The molecule has 2 N–H and O–H groups in total. The van der Waals surface area contributed by atoms with Crippen LogP contribution in [0.15, 0.2) is 60.8 Å². The van der Waals surface area contributed by atoms with E-state index in [9.17, 15) is 0 Å². The lowest BCUT2D eigenvalue weighted by atomic mass is 10.1. The third kappa shape index (κ3) is 4.30. The Hall–Kier alpha value is -2.88. The van der Waals surface area contributed by atoms with Gasteiger partial charge < -0.3 is 10.6 Å². The topological polar surface area (TPSA) is 49.8 Å². The molecule has 0 saturated carbocycles. The number of hydrogen-bond donors (Lipinski definition) is 2. The van der Waals surface area contributed by atoms with Crippen LogP contribution >= 0.6 is 0 Å². The summed E-state index contributed by atoms with van der Waals surface area (Å²) in [5.41, 5.74) is 4.68. The number of rotatable bonds is 5. The van der Waals surface area contributed by atoms with Crippen LogP contribution in [0.4, 0.5) is 17.5 Å². The third-order valence-electron chi connectivity index (χ3n) is 3.49. The Morgan fingerprint density at radius 3 is 2.48 bits per heavy atom. The van der Waals surface area contributed by atoms with Gasteiger partial charge in [0, 0.05) is 18.4 Å². The first-order valence-corrected chi connectivity index (χ1v) is 7.65. The van der Waals surface area contributed by atoms with Gasteiger partial charge in [-0.15, -0.1) is 0 Å². The zero-order valence-electron chi connectivity index (χ0n) is 13.4. The Morgan fingerprint density at radius 1 is 0.913 bits per heavy atom. The van der Waals surface area contributed by atoms with Crippen molar-refractivity contribution < 1.29 is 0 Å². The van der Waals surface area contributed by atoms with Crippen molar-refractivity contribution in [2.45, 2.75) is 20.4 Å². The van der Waals surface area contributed by atoms with Crippen molar-refractivity contribution >= 4 is 17.5 Å². The van der Waals surface area contributed by atoms with E-state index in [4.69, 9.17) is 0 Å². The summed E-state index contributed by atoms with van der Waals surface area (Å²) in [7, 11) is 0. The molecule has 3 rings (SSSR count). The van der Waals surface area contributed by atoms with Crippen LogP contribution in [0.1, 0.15) is 16.7 Å². The zero-order chi connectivity index (χ0) is 16.1. The Morgan fingerprint density at radius 2 is 1.70 bits per heavy atom. The normalized spacial score (nSPS) is 10.3. The van der Waals surface area contributed by atoms with E-state index in [0.29, 0.717) is 5.95 Å². The number of hydrogen-bond acceptors (Lipinski definition) is 4. The Kier molecular flexibility index (Phi) is 4.52. The lowest BCUT2D eigenvalue weighted by molar-refractivity contribution is 1.08. The van der Waals surface area contributed by atoms with Gasteiger partial charge in [-0.1, -0.05) is 42.0 Å². The molecule has 0 aliphatic rings. The minimum atomic E-state index is 0.588. The van der Waals surface area contributed by atoms with Crippen LogP contribution in [0.2, 0.25) is 0 Å². The maximum absolute atomic E-state index is 4.50.